The summed E-state index contributed by atoms with van der Waals surface area (Å²) < 4.78 is 3.18. The van der Waals surface area contributed by atoms with Gasteiger partial charge in [0.25, 0.3) is 0 Å². The lowest BCUT2D eigenvalue weighted by Gasteiger charge is -2.11. The maximum atomic E-state index is 11.3. The maximum Gasteiger partial charge on any atom is 0.306 e. The van der Waals surface area contributed by atoms with E-state index in [0.29, 0.717) is 6.42 Å². The van der Waals surface area contributed by atoms with Crippen molar-refractivity contribution in [2.45, 2.75) is 30.5 Å². The Balaban J connectivity index is 0.00000154. The van der Waals surface area contributed by atoms with Crippen LogP contribution in [-0.4, -0.2) is 21.5 Å². The first-order chi connectivity index (χ1) is 8.87. The molecule has 0 bridgehead atoms. The molecule has 0 radical (unpaired) electrons. The smallest absolute Gasteiger partial charge is 0.306 e. The molecule has 0 amide bonds. The summed E-state index contributed by atoms with van der Waals surface area (Å²) >= 11 is 16.3. The third kappa shape index (κ3) is 9.88. The van der Waals surface area contributed by atoms with E-state index in [4.69, 9.17) is 39.5 Å². The van der Waals surface area contributed by atoms with Crippen LogP contribution in [0.15, 0.2) is 24.3 Å². The number of carbonyl (C=O) groups excluding carboxylic acids is 1. The second-order valence-electron chi connectivity index (χ2n) is 3.45. The first-order valence-corrected chi connectivity index (χ1v) is 7.00. The normalized spacial score (nSPS) is 10.4. The molecule has 1 rings (SSSR count). The molecule has 0 spiro atoms. The Hall–Kier alpha value is -0.640. The second-order valence-corrected chi connectivity index (χ2v) is 5.96. The van der Waals surface area contributed by atoms with Crippen LogP contribution in [-0.2, 0) is 16.0 Å². The average Bonchev–Trinajstić information content (AvgIpc) is 2.35. The minimum Gasteiger partial charge on any atom is -0.508 e. The standard InChI is InChI=1S/C11H11Cl3O3.C2H6/c12-11(13,14)7-17-10(16)5-4-8-2-1-3-9(15)6-8;1-2/h1-3,6,15H,4-5,7H2;1-2H3. The van der Waals surface area contributed by atoms with Gasteiger partial charge in [0.05, 0.1) is 0 Å². The van der Waals surface area contributed by atoms with Gasteiger partial charge in [-0.25, -0.2) is 0 Å². The summed E-state index contributed by atoms with van der Waals surface area (Å²) in [6.07, 6.45) is 0.636. The van der Waals surface area contributed by atoms with E-state index in [1.54, 1.807) is 18.2 Å². The van der Waals surface area contributed by atoms with E-state index in [1.807, 2.05) is 19.9 Å². The van der Waals surface area contributed by atoms with Crippen LogP contribution in [0.2, 0.25) is 0 Å². The van der Waals surface area contributed by atoms with Crippen LogP contribution in [0.5, 0.6) is 5.75 Å². The average molecular weight is 328 g/mol. The van der Waals surface area contributed by atoms with Crippen LogP contribution in [0.25, 0.3) is 0 Å². The topological polar surface area (TPSA) is 46.5 Å². The van der Waals surface area contributed by atoms with E-state index in [0.717, 1.165) is 5.56 Å². The van der Waals surface area contributed by atoms with Gasteiger partial charge in [0, 0.05) is 6.42 Å². The summed E-state index contributed by atoms with van der Waals surface area (Å²) in [5.41, 5.74) is 0.843. The fourth-order valence-electron chi connectivity index (χ4n) is 1.19. The fourth-order valence-corrected chi connectivity index (χ4v) is 1.36. The summed E-state index contributed by atoms with van der Waals surface area (Å²) in [4.78, 5) is 11.3. The lowest BCUT2D eigenvalue weighted by molar-refractivity contribution is -0.143. The number of carbonyl (C=O) groups is 1. The van der Waals surface area contributed by atoms with Crippen LogP contribution in [0.1, 0.15) is 25.8 Å². The molecule has 1 N–H and O–H groups in total. The minimum atomic E-state index is -1.58. The van der Waals surface area contributed by atoms with Crippen LogP contribution < -0.4 is 0 Å². The first-order valence-electron chi connectivity index (χ1n) is 5.87. The Morgan fingerprint density at radius 2 is 1.95 bits per heavy atom. The number of hydrogen-bond donors (Lipinski definition) is 1. The molecule has 1 aromatic carbocycles. The number of aromatic hydroxyl groups is 1. The number of rotatable bonds is 4. The van der Waals surface area contributed by atoms with Gasteiger partial charge in [0.2, 0.25) is 3.79 Å². The van der Waals surface area contributed by atoms with Gasteiger partial charge < -0.3 is 9.84 Å². The maximum absolute atomic E-state index is 11.3. The number of ether oxygens (including phenoxy) is 1. The zero-order valence-electron chi connectivity index (χ0n) is 10.8. The molecule has 3 nitrogen and oxygen atoms in total. The summed E-state index contributed by atoms with van der Waals surface area (Å²) in [6.45, 7) is 3.73. The van der Waals surface area contributed by atoms with E-state index in [-0.39, 0.29) is 18.8 Å². The van der Waals surface area contributed by atoms with E-state index >= 15 is 0 Å². The van der Waals surface area contributed by atoms with Crippen molar-refractivity contribution in [3.05, 3.63) is 29.8 Å². The number of halogens is 3. The molecule has 0 heterocycles. The van der Waals surface area contributed by atoms with Crippen molar-refractivity contribution in [3.8, 4) is 5.75 Å². The predicted molar refractivity (Wildman–Crippen MR) is 79.0 cm³/mol. The Bertz CT molecular complexity index is 389. The Morgan fingerprint density at radius 1 is 1.32 bits per heavy atom. The van der Waals surface area contributed by atoms with Gasteiger partial charge >= 0.3 is 5.97 Å². The van der Waals surface area contributed by atoms with Gasteiger partial charge in [-0.05, 0) is 24.1 Å². The largest absolute Gasteiger partial charge is 0.508 e. The second kappa shape index (κ2) is 9.29. The van der Waals surface area contributed by atoms with Gasteiger partial charge in [-0.15, -0.1) is 0 Å². The van der Waals surface area contributed by atoms with Crippen molar-refractivity contribution in [1.82, 2.24) is 0 Å². The SMILES string of the molecule is CC.O=C(CCc1cccc(O)c1)OCC(Cl)(Cl)Cl. The molecule has 0 saturated heterocycles. The highest BCUT2D eigenvalue weighted by atomic mass is 35.6. The summed E-state index contributed by atoms with van der Waals surface area (Å²) in [7, 11) is 0. The number of aryl methyl sites for hydroxylation is 1. The number of esters is 1. The number of benzene rings is 1. The monoisotopic (exact) mass is 326 g/mol. The minimum absolute atomic E-state index is 0.164. The molecule has 0 saturated carbocycles. The molecule has 0 atom stereocenters. The zero-order valence-corrected chi connectivity index (χ0v) is 13.1. The van der Waals surface area contributed by atoms with Crippen LogP contribution in [0, 0.1) is 0 Å². The molecule has 6 heteroatoms. The number of hydrogen-bond acceptors (Lipinski definition) is 3. The van der Waals surface area contributed by atoms with Gasteiger partial charge in [0.1, 0.15) is 12.4 Å². The number of alkyl halides is 3. The van der Waals surface area contributed by atoms with Crippen molar-refractivity contribution < 1.29 is 14.6 Å². The third-order valence-corrected chi connectivity index (χ3v) is 2.25. The molecule has 0 aliphatic carbocycles. The molecule has 108 valence electrons. The molecule has 0 aliphatic heterocycles. The third-order valence-electron chi connectivity index (χ3n) is 1.93. The van der Waals surface area contributed by atoms with Crippen molar-refractivity contribution in [2.24, 2.45) is 0 Å². The van der Waals surface area contributed by atoms with E-state index < -0.39 is 9.76 Å². The molecule has 0 fully saturated rings. The molecule has 0 aromatic heterocycles. The molecule has 19 heavy (non-hydrogen) atoms. The highest BCUT2D eigenvalue weighted by Gasteiger charge is 2.21. The highest BCUT2D eigenvalue weighted by Crippen LogP contribution is 2.26. The Morgan fingerprint density at radius 3 is 2.47 bits per heavy atom. The summed E-state index contributed by atoms with van der Waals surface area (Å²) in [6, 6.07) is 6.66. The summed E-state index contributed by atoms with van der Waals surface area (Å²) in [5.74, 6) is -0.281. The predicted octanol–water partition coefficient (Wildman–Crippen LogP) is 4.26. The van der Waals surface area contributed by atoms with E-state index in [2.05, 4.69) is 0 Å². The van der Waals surface area contributed by atoms with Crippen LogP contribution in [0.4, 0.5) is 0 Å². The molecule has 0 unspecified atom stereocenters. The summed E-state index contributed by atoms with van der Waals surface area (Å²) in [5, 5.41) is 9.22. The fraction of sp³-hybridized carbons (Fsp3) is 0.462. The van der Waals surface area contributed by atoms with Gasteiger partial charge in [-0.1, -0.05) is 60.8 Å². The molecule has 0 aliphatic rings. The quantitative estimate of drug-likeness (QED) is 0.664. The van der Waals surface area contributed by atoms with Crippen molar-refractivity contribution >= 4 is 40.8 Å². The van der Waals surface area contributed by atoms with Crippen molar-refractivity contribution in [3.63, 3.8) is 0 Å². The molecular weight excluding hydrogens is 310 g/mol. The zero-order chi connectivity index (χ0) is 14.9. The van der Waals surface area contributed by atoms with Crippen molar-refractivity contribution in [1.29, 1.82) is 0 Å². The first kappa shape index (κ1) is 18.4. The van der Waals surface area contributed by atoms with Gasteiger partial charge in [-0.2, -0.15) is 0 Å². The number of phenols is 1. The highest BCUT2D eigenvalue weighted by molar-refractivity contribution is 6.67. The van der Waals surface area contributed by atoms with Crippen LogP contribution in [0.3, 0.4) is 0 Å². The van der Waals surface area contributed by atoms with Gasteiger partial charge in [-0.3, -0.25) is 4.79 Å². The van der Waals surface area contributed by atoms with Gasteiger partial charge in [0.15, 0.2) is 0 Å². The van der Waals surface area contributed by atoms with Crippen LogP contribution >= 0.6 is 34.8 Å². The Labute approximate surface area is 128 Å². The number of phenolic OH excluding ortho intramolecular Hbond substituents is 1. The van der Waals surface area contributed by atoms with Crippen molar-refractivity contribution in [2.75, 3.05) is 6.61 Å². The Kier molecular flexibility index (Phi) is 8.98. The molecule has 1 aromatic rings. The lowest BCUT2D eigenvalue weighted by Crippen LogP contribution is -2.17. The van der Waals surface area contributed by atoms with E-state index in [1.165, 1.54) is 0 Å². The molecular formula is C13H17Cl3O3. The lowest BCUT2D eigenvalue weighted by atomic mass is 10.1. The van der Waals surface area contributed by atoms with E-state index in [9.17, 15) is 9.90 Å².